The lowest BCUT2D eigenvalue weighted by Crippen LogP contribution is -2.41. The predicted octanol–water partition coefficient (Wildman–Crippen LogP) is -0.0730. The van der Waals surface area contributed by atoms with E-state index in [1.165, 1.54) is 6.20 Å². The van der Waals surface area contributed by atoms with Crippen LogP contribution in [0.4, 0.5) is 0 Å². The largest absolute Gasteiger partial charge is 0.388 e. The van der Waals surface area contributed by atoms with Gasteiger partial charge in [-0.05, 0) is 13.0 Å². The highest BCUT2D eigenvalue weighted by molar-refractivity contribution is 5.92. The molecule has 0 saturated heterocycles. The molecule has 6 heteroatoms. The molecule has 0 spiro atoms. The van der Waals surface area contributed by atoms with Crippen LogP contribution in [-0.4, -0.2) is 47.1 Å². The molecular formula is C10H17N3O3. The molecule has 0 aromatic carbocycles. The van der Waals surface area contributed by atoms with E-state index in [0.717, 1.165) is 0 Å². The molecule has 1 aromatic rings. The van der Waals surface area contributed by atoms with Gasteiger partial charge in [-0.1, -0.05) is 0 Å². The maximum atomic E-state index is 11.5. The number of carbonyl (C=O) groups excluding carboxylic acids is 1. The molecule has 0 aliphatic carbocycles. The Morgan fingerprint density at radius 3 is 3.06 bits per heavy atom. The minimum atomic E-state index is -0.967. The van der Waals surface area contributed by atoms with Gasteiger partial charge in [0.15, 0.2) is 0 Å². The second kappa shape index (κ2) is 5.62. The van der Waals surface area contributed by atoms with Crippen LogP contribution in [-0.2, 0) is 4.74 Å². The van der Waals surface area contributed by atoms with Crippen molar-refractivity contribution in [3.05, 3.63) is 18.0 Å². The fourth-order valence-electron chi connectivity index (χ4n) is 1.16. The summed E-state index contributed by atoms with van der Waals surface area (Å²) in [6.45, 7) is 2.28. The summed E-state index contributed by atoms with van der Waals surface area (Å²) in [4.78, 5) is 11.5. The molecule has 16 heavy (non-hydrogen) atoms. The van der Waals surface area contributed by atoms with E-state index in [4.69, 9.17) is 4.74 Å². The van der Waals surface area contributed by atoms with Gasteiger partial charge in [0.05, 0.1) is 5.60 Å². The zero-order valence-electron chi connectivity index (χ0n) is 9.49. The van der Waals surface area contributed by atoms with Gasteiger partial charge in [0.2, 0.25) is 0 Å². The van der Waals surface area contributed by atoms with Crippen LogP contribution < -0.4 is 5.32 Å². The van der Waals surface area contributed by atoms with Gasteiger partial charge in [0, 0.05) is 32.9 Å². The topological polar surface area (TPSA) is 87.2 Å². The summed E-state index contributed by atoms with van der Waals surface area (Å²) in [6.07, 6.45) is 1.96. The summed E-state index contributed by atoms with van der Waals surface area (Å²) < 4.78 is 4.87. The van der Waals surface area contributed by atoms with E-state index < -0.39 is 5.60 Å². The molecule has 1 rings (SSSR count). The highest BCUT2D eigenvalue weighted by Gasteiger charge is 2.21. The molecule has 0 aliphatic rings. The fraction of sp³-hybridized carbons (Fsp3) is 0.600. The minimum absolute atomic E-state index is 0.175. The smallest absolute Gasteiger partial charge is 0.269 e. The average molecular weight is 227 g/mol. The van der Waals surface area contributed by atoms with E-state index in [2.05, 4.69) is 15.5 Å². The lowest BCUT2D eigenvalue weighted by Gasteiger charge is -2.22. The van der Waals surface area contributed by atoms with Crippen LogP contribution in [0.2, 0.25) is 0 Å². The van der Waals surface area contributed by atoms with Gasteiger partial charge in [-0.2, -0.15) is 5.10 Å². The van der Waals surface area contributed by atoms with E-state index >= 15 is 0 Å². The summed E-state index contributed by atoms with van der Waals surface area (Å²) in [6, 6.07) is 1.57. The van der Waals surface area contributed by atoms with Gasteiger partial charge in [0.25, 0.3) is 5.91 Å². The van der Waals surface area contributed by atoms with Gasteiger partial charge in [-0.15, -0.1) is 0 Å². The van der Waals surface area contributed by atoms with Crippen LogP contribution in [0.5, 0.6) is 0 Å². The first-order valence-corrected chi connectivity index (χ1v) is 5.04. The van der Waals surface area contributed by atoms with Crippen molar-refractivity contribution >= 4 is 5.91 Å². The number of aromatic amines is 1. The Bertz CT molecular complexity index is 322. The molecule has 0 aliphatic heterocycles. The average Bonchev–Trinajstić information content (AvgIpc) is 2.77. The second-order valence-corrected chi connectivity index (χ2v) is 3.89. The molecule has 1 unspecified atom stereocenters. The number of hydrogen-bond donors (Lipinski definition) is 3. The number of rotatable bonds is 6. The van der Waals surface area contributed by atoms with Crippen molar-refractivity contribution in [1.29, 1.82) is 0 Å². The van der Waals surface area contributed by atoms with E-state index in [1.807, 2.05) is 0 Å². The van der Waals surface area contributed by atoms with E-state index in [1.54, 1.807) is 20.1 Å². The summed E-state index contributed by atoms with van der Waals surface area (Å²) in [5.41, 5.74) is -0.589. The molecule has 0 saturated carbocycles. The van der Waals surface area contributed by atoms with Gasteiger partial charge < -0.3 is 15.2 Å². The first kappa shape index (κ1) is 12.7. The lowest BCUT2D eigenvalue weighted by molar-refractivity contribution is 0.0243. The van der Waals surface area contributed by atoms with Gasteiger partial charge in [0.1, 0.15) is 5.69 Å². The molecule has 90 valence electrons. The Balaban J connectivity index is 2.36. The number of methoxy groups -OCH3 is 1. The summed E-state index contributed by atoms with van der Waals surface area (Å²) in [5.74, 6) is -0.282. The third-order valence-electron chi connectivity index (χ3n) is 2.22. The molecule has 3 N–H and O–H groups in total. The molecule has 6 nitrogen and oxygen atoms in total. The Kier molecular flexibility index (Phi) is 4.45. The number of aliphatic hydroxyl groups is 1. The maximum absolute atomic E-state index is 11.5. The second-order valence-electron chi connectivity index (χ2n) is 3.89. The number of H-pyrrole nitrogens is 1. The zero-order valence-corrected chi connectivity index (χ0v) is 9.49. The number of hydrogen-bond acceptors (Lipinski definition) is 4. The first-order chi connectivity index (χ1) is 7.55. The molecule has 0 bridgehead atoms. The molecule has 1 amide bonds. The third kappa shape index (κ3) is 4.00. The molecule has 0 radical (unpaired) electrons. The van der Waals surface area contributed by atoms with Gasteiger partial charge in [-0.25, -0.2) is 0 Å². The van der Waals surface area contributed by atoms with E-state index in [-0.39, 0.29) is 12.5 Å². The number of amides is 1. The fourth-order valence-corrected chi connectivity index (χ4v) is 1.16. The van der Waals surface area contributed by atoms with Crippen molar-refractivity contribution in [3.63, 3.8) is 0 Å². The Labute approximate surface area is 94.0 Å². The lowest BCUT2D eigenvalue weighted by atomic mass is 10.0. The van der Waals surface area contributed by atoms with Crippen LogP contribution in [0.1, 0.15) is 23.8 Å². The van der Waals surface area contributed by atoms with Crippen molar-refractivity contribution in [2.75, 3.05) is 20.3 Å². The van der Waals surface area contributed by atoms with Crippen LogP contribution in [0.25, 0.3) is 0 Å². The van der Waals surface area contributed by atoms with Crippen LogP contribution in [0.3, 0.4) is 0 Å². The SMILES string of the molecule is COCCC(C)(O)CNC(=O)c1ccn[nH]1. The quantitative estimate of drug-likeness (QED) is 0.634. The molecule has 1 atom stereocenters. The molecule has 0 fully saturated rings. The van der Waals surface area contributed by atoms with Gasteiger partial charge >= 0.3 is 0 Å². The van der Waals surface area contributed by atoms with Crippen molar-refractivity contribution in [2.45, 2.75) is 18.9 Å². The van der Waals surface area contributed by atoms with E-state index in [9.17, 15) is 9.90 Å². The first-order valence-electron chi connectivity index (χ1n) is 5.04. The number of aromatic nitrogens is 2. The van der Waals surface area contributed by atoms with Crippen molar-refractivity contribution in [1.82, 2.24) is 15.5 Å². The van der Waals surface area contributed by atoms with Crippen molar-refractivity contribution in [3.8, 4) is 0 Å². The van der Waals surface area contributed by atoms with Crippen molar-refractivity contribution < 1.29 is 14.6 Å². The van der Waals surface area contributed by atoms with Crippen LogP contribution >= 0.6 is 0 Å². The van der Waals surface area contributed by atoms with Crippen LogP contribution in [0, 0.1) is 0 Å². The number of ether oxygens (including phenoxy) is 1. The summed E-state index contributed by atoms with van der Waals surface area (Å²) >= 11 is 0. The Morgan fingerprint density at radius 2 is 2.50 bits per heavy atom. The van der Waals surface area contributed by atoms with Gasteiger partial charge in [-0.3, -0.25) is 9.89 Å². The van der Waals surface area contributed by atoms with Crippen LogP contribution in [0.15, 0.2) is 12.3 Å². The standard InChI is InChI=1S/C10H17N3O3/c1-10(15,4-6-16-2)7-11-9(14)8-3-5-12-13-8/h3,5,15H,4,6-7H2,1-2H3,(H,11,14)(H,12,13). The Hall–Kier alpha value is -1.40. The normalized spacial score (nSPS) is 14.4. The number of nitrogens with zero attached hydrogens (tertiary/aromatic N) is 1. The van der Waals surface area contributed by atoms with Crippen molar-refractivity contribution in [2.24, 2.45) is 0 Å². The Morgan fingerprint density at radius 1 is 1.75 bits per heavy atom. The molecule has 1 aromatic heterocycles. The third-order valence-corrected chi connectivity index (χ3v) is 2.22. The number of nitrogens with one attached hydrogen (secondary N) is 2. The zero-order chi connectivity index (χ0) is 12.0. The maximum Gasteiger partial charge on any atom is 0.269 e. The summed E-state index contributed by atoms with van der Waals surface area (Å²) in [5, 5.41) is 18.7. The highest BCUT2D eigenvalue weighted by atomic mass is 16.5. The predicted molar refractivity (Wildman–Crippen MR) is 58.0 cm³/mol. The monoisotopic (exact) mass is 227 g/mol. The minimum Gasteiger partial charge on any atom is -0.388 e. The van der Waals surface area contributed by atoms with E-state index in [0.29, 0.717) is 18.7 Å². The highest BCUT2D eigenvalue weighted by Crippen LogP contribution is 2.07. The molecule has 1 heterocycles. The number of carbonyl (C=O) groups is 1. The summed E-state index contributed by atoms with van der Waals surface area (Å²) in [7, 11) is 1.57. The molecular weight excluding hydrogens is 210 g/mol.